The summed E-state index contributed by atoms with van der Waals surface area (Å²) < 4.78 is 4.70. The fourth-order valence-corrected chi connectivity index (χ4v) is 2.92. The first-order chi connectivity index (χ1) is 11.7. The van der Waals surface area contributed by atoms with Crippen LogP contribution in [0.4, 0.5) is 17.5 Å². The van der Waals surface area contributed by atoms with Crippen molar-refractivity contribution in [1.29, 1.82) is 0 Å². The third-order valence-electron chi connectivity index (χ3n) is 4.18. The van der Waals surface area contributed by atoms with Gasteiger partial charge < -0.3 is 15.0 Å². The molecule has 1 N–H and O–H groups in total. The molecule has 0 amide bonds. The van der Waals surface area contributed by atoms with Crippen molar-refractivity contribution in [2.45, 2.75) is 19.8 Å². The summed E-state index contributed by atoms with van der Waals surface area (Å²) >= 11 is 0. The number of ether oxygens (including phenoxy) is 1. The van der Waals surface area contributed by atoms with Crippen molar-refractivity contribution in [3.8, 4) is 0 Å². The molecule has 1 unspecified atom stereocenters. The number of carbonyl (C=O) groups excluding carboxylic acids is 1. The summed E-state index contributed by atoms with van der Waals surface area (Å²) in [6.45, 7) is 4.34. The van der Waals surface area contributed by atoms with Gasteiger partial charge in [0.2, 0.25) is 5.95 Å². The SMILES string of the molecule is COC(=O)c1ccc(Nc2nccc(N3CCCC(C)C3)n2)cc1. The van der Waals surface area contributed by atoms with Crippen LogP contribution in [0.5, 0.6) is 0 Å². The lowest BCUT2D eigenvalue weighted by Crippen LogP contribution is -2.34. The number of methoxy groups -OCH3 is 1. The van der Waals surface area contributed by atoms with Crippen molar-refractivity contribution < 1.29 is 9.53 Å². The van der Waals surface area contributed by atoms with E-state index < -0.39 is 0 Å². The van der Waals surface area contributed by atoms with Gasteiger partial charge in [-0.1, -0.05) is 6.92 Å². The first-order valence-electron chi connectivity index (χ1n) is 8.19. The van der Waals surface area contributed by atoms with Crippen LogP contribution >= 0.6 is 0 Å². The predicted octanol–water partition coefficient (Wildman–Crippen LogP) is 3.24. The number of nitrogens with one attached hydrogen (secondary N) is 1. The Hall–Kier alpha value is -2.63. The van der Waals surface area contributed by atoms with Crippen molar-refractivity contribution in [1.82, 2.24) is 9.97 Å². The molecule has 1 aromatic heterocycles. The number of nitrogens with zero attached hydrogens (tertiary/aromatic N) is 3. The summed E-state index contributed by atoms with van der Waals surface area (Å²) in [5.74, 6) is 1.84. The molecule has 0 spiro atoms. The van der Waals surface area contributed by atoms with E-state index in [1.807, 2.05) is 18.2 Å². The molecule has 3 rings (SSSR count). The number of aromatic nitrogens is 2. The van der Waals surface area contributed by atoms with Gasteiger partial charge in [0.15, 0.2) is 0 Å². The van der Waals surface area contributed by atoms with Crippen molar-refractivity contribution in [3.05, 3.63) is 42.1 Å². The molecule has 1 aliphatic heterocycles. The molecule has 0 saturated carbocycles. The zero-order chi connectivity index (χ0) is 16.9. The van der Waals surface area contributed by atoms with E-state index in [1.54, 1.807) is 18.3 Å². The second-order valence-electron chi connectivity index (χ2n) is 6.13. The van der Waals surface area contributed by atoms with Gasteiger partial charge >= 0.3 is 5.97 Å². The Morgan fingerprint density at radius 3 is 2.79 bits per heavy atom. The quantitative estimate of drug-likeness (QED) is 0.870. The minimum Gasteiger partial charge on any atom is -0.465 e. The van der Waals surface area contributed by atoms with E-state index in [4.69, 9.17) is 4.74 Å². The molecule has 1 fully saturated rings. The molecule has 126 valence electrons. The van der Waals surface area contributed by atoms with Crippen molar-refractivity contribution >= 4 is 23.4 Å². The summed E-state index contributed by atoms with van der Waals surface area (Å²) in [5, 5.41) is 3.18. The molecular formula is C18H22N4O2. The van der Waals surface area contributed by atoms with Crippen LogP contribution < -0.4 is 10.2 Å². The molecule has 6 nitrogen and oxygen atoms in total. The summed E-state index contributed by atoms with van der Waals surface area (Å²) in [6.07, 6.45) is 4.24. The monoisotopic (exact) mass is 326 g/mol. The van der Waals surface area contributed by atoms with Crippen LogP contribution in [0.25, 0.3) is 0 Å². The Labute approximate surface area is 141 Å². The first kappa shape index (κ1) is 16.2. The molecular weight excluding hydrogens is 304 g/mol. The van der Waals surface area contributed by atoms with Crippen LogP contribution in [0.2, 0.25) is 0 Å². The zero-order valence-corrected chi connectivity index (χ0v) is 14.0. The maximum atomic E-state index is 11.5. The summed E-state index contributed by atoms with van der Waals surface area (Å²) in [4.78, 5) is 22.7. The predicted molar refractivity (Wildman–Crippen MR) is 93.7 cm³/mol. The van der Waals surface area contributed by atoms with Crippen molar-refractivity contribution in [2.24, 2.45) is 5.92 Å². The van der Waals surface area contributed by atoms with E-state index in [0.29, 0.717) is 17.4 Å². The van der Waals surface area contributed by atoms with Gasteiger partial charge in [0, 0.05) is 25.0 Å². The summed E-state index contributed by atoms with van der Waals surface area (Å²) in [6, 6.07) is 8.99. The molecule has 1 saturated heterocycles. The number of hydrogen-bond acceptors (Lipinski definition) is 6. The Kier molecular flexibility index (Phi) is 4.93. The lowest BCUT2D eigenvalue weighted by Gasteiger charge is -2.31. The number of piperidine rings is 1. The summed E-state index contributed by atoms with van der Waals surface area (Å²) in [5.41, 5.74) is 1.34. The van der Waals surface area contributed by atoms with E-state index in [9.17, 15) is 4.79 Å². The molecule has 1 aliphatic rings. The van der Waals surface area contributed by atoms with Gasteiger partial charge in [-0.3, -0.25) is 0 Å². The van der Waals surface area contributed by atoms with Gasteiger partial charge in [0.25, 0.3) is 0 Å². The molecule has 1 atom stereocenters. The van der Waals surface area contributed by atoms with Crippen LogP contribution in [0.1, 0.15) is 30.1 Å². The lowest BCUT2D eigenvalue weighted by molar-refractivity contribution is 0.0601. The lowest BCUT2D eigenvalue weighted by atomic mass is 10.0. The third-order valence-corrected chi connectivity index (χ3v) is 4.18. The second kappa shape index (κ2) is 7.29. The zero-order valence-electron chi connectivity index (χ0n) is 14.0. The second-order valence-corrected chi connectivity index (χ2v) is 6.13. The fourth-order valence-electron chi connectivity index (χ4n) is 2.92. The number of hydrogen-bond donors (Lipinski definition) is 1. The number of carbonyl (C=O) groups is 1. The number of esters is 1. The van der Waals surface area contributed by atoms with Crippen LogP contribution in [0, 0.1) is 5.92 Å². The minimum absolute atomic E-state index is 0.348. The van der Waals surface area contributed by atoms with E-state index in [2.05, 4.69) is 27.1 Å². The van der Waals surface area contributed by atoms with E-state index >= 15 is 0 Å². The van der Waals surface area contributed by atoms with E-state index in [0.717, 1.165) is 24.6 Å². The fraction of sp³-hybridized carbons (Fsp3) is 0.389. The highest BCUT2D eigenvalue weighted by atomic mass is 16.5. The minimum atomic E-state index is -0.348. The van der Waals surface area contributed by atoms with E-state index in [-0.39, 0.29) is 5.97 Å². The standard InChI is InChI=1S/C18H22N4O2/c1-13-4-3-11-22(12-13)16-9-10-19-18(21-16)20-15-7-5-14(6-8-15)17(23)24-2/h5-10,13H,3-4,11-12H2,1-2H3,(H,19,20,21). The van der Waals surface area contributed by atoms with Crippen LogP contribution in [-0.4, -0.2) is 36.1 Å². The van der Waals surface area contributed by atoms with Crippen molar-refractivity contribution in [2.75, 3.05) is 30.4 Å². The number of rotatable bonds is 4. The largest absolute Gasteiger partial charge is 0.465 e. The highest BCUT2D eigenvalue weighted by Crippen LogP contribution is 2.22. The van der Waals surface area contributed by atoms with Gasteiger partial charge in [0.1, 0.15) is 5.82 Å². The molecule has 2 aromatic rings. The molecule has 0 radical (unpaired) electrons. The third kappa shape index (κ3) is 3.82. The molecule has 6 heteroatoms. The Morgan fingerprint density at radius 2 is 2.08 bits per heavy atom. The Balaban J connectivity index is 1.71. The molecule has 0 aliphatic carbocycles. The summed E-state index contributed by atoms with van der Waals surface area (Å²) in [7, 11) is 1.37. The van der Waals surface area contributed by atoms with Gasteiger partial charge in [-0.2, -0.15) is 4.98 Å². The van der Waals surface area contributed by atoms with Crippen LogP contribution in [-0.2, 0) is 4.74 Å². The average Bonchev–Trinajstić information content (AvgIpc) is 2.62. The van der Waals surface area contributed by atoms with Gasteiger partial charge in [-0.15, -0.1) is 0 Å². The number of benzene rings is 1. The molecule has 0 bridgehead atoms. The Bertz CT molecular complexity index is 702. The van der Waals surface area contributed by atoms with Gasteiger partial charge in [0.05, 0.1) is 12.7 Å². The normalized spacial score (nSPS) is 17.4. The number of anilines is 3. The van der Waals surface area contributed by atoms with Gasteiger partial charge in [-0.25, -0.2) is 9.78 Å². The smallest absolute Gasteiger partial charge is 0.337 e. The highest BCUT2D eigenvalue weighted by molar-refractivity contribution is 5.89. The van der Waals surface area contributed by atoms with Crippen LogP contribution in [0.15, 0.2) is 36.5 Å². The van der Waals surface area contributed by atoms with Crippen LogP contribution in [0.3, 0.4) is 0 Å². The maximum absolute atomic E-state index is 11.5. The van der Waals surface area contributed by atoms with Crippen molar-refractivity contribution in [3.63, 3.8) is 0 Å². The molecule has 24 heavy (non-hydrogen) atoms. The average molecular weight is 326 g/mol. The molecule has 1 aromatic carbocycles. The topological polar surface area (TPSA) is 67.3 Å². The highest BCUT2D eigenvalue weighted by Gasteiger charge is 2.18. The van der Waals surface area contributed by atoms with E-state index in [1.165, 1.54) is 20.0 Å². The maximum Gasteiger partial charge on any atom is 0.337 e. The van der Waals surface area contributed by atoms with Gasteiger partial charge in [-0.05, 0) is 49.1 Å². The molecule has 2 heterocycles. The Morgan fingerprint density at radius 1 is 1.29 bits per heavy atom. The first-order valence-corrected chi connectivity index (χ1v) is 8.19.